The average Bonchev–Trinajstić information content (AvgIpc) is 3.08. The van der Waals surface area contributed by atoms with E-state index in [4.69, 9.17) is 33.7 Å². The number of pyridine rings is 1. The van der Waals surface area contributed by atoms with Gasteiger partial charge >= 0.3 is 0 Å². The van der Waals surface area contributed by atoms with Crippen molar-refractivity contribution in [2.45, 2.75) is 13.0 Å². The number of anilines is 1. The van der Waals surface area contributed by atoms with Crippen LogP contribution in [0.5, 0.6) is 11.5 Å². The lowest BCUT2D eigenvalue weighted by Gasteiger charge is -2.19. The normalized spacial score (nSPS) is 12.1. The third kappa shape index (κ3) is 3.11. The number of halogens is 2. The molecule has 1 atom stereocenters. The van der Waals surface area contributed by atoms with Crippen molar-refractivity contribution < 1.29 is 9.84 Å². The topological polar surface area (TPSA) is 97.0 Å². The first-order valence-corrected chi connectivity index (χ1v) is 7.81. The van der Waals surface area contributed by atoms with Crippen LogP contribution in [0.2, 0.25) is 10.0 Å². The van der Waals surface area contributed by atoms with Crippen LogP contribution in [0.15, 0.2) is 36.8 Å². The number of aromatic nitrogens is 3. The Hall–Kier alpha value is -2.44. The lowest BCUT2D eigenvalue weighted by molar-refractivity contribution is 0.227. The van der Waals surface area contributed by atoms with Gasteiger partial charge in [0.2, 0.25) is 0 Å². The van der Waals surface area contributed by atoms with Crippen molar-refractivity contribution in [3.63, 3.8) is 0 Å². The highest BCUT2D eigenvalue weighted by Crippen LogP contribution is 2.39. The second-order valence-electron chi connectivity index (χ2n) is 5.15. The summed E-state index contributed by atoms with van der Waals surface area (Å²) in [7, 11) is 0. The van der Waals surface area contributed by atoms with Crippen molar-refractivity contribution in [3.8, 4) is 22.6 Å². The Bertz CT molecular complexity index is 869. The second kappa shape index (κ2) is 6.59. The van der Waals surface area contributed by atoms with Gasteiger partial charge in [0, 0.05) is 34.1 Å². The quantitative estimate of drug-likeness (QED) is 0.644. The van der Waals surface area contributed by atoms with E-state index in [1.165, 1.54) is 6.07 Å². The van der Waals surface area contributed by atoms with Crippen LogP contribution in [0, 0.1) is 0 Å². The number of hydrogen-bond donors (Lipinski definition) is 3. The van der Waals surface area contributed by atoms with Crippen LogP contribution in [0.4, 0.5) is 5.82 Å². The van der Waals surface area contributed by atoms with Gasteiger partial charge in [-0.2, -0.15) is 5.10 Å². The van der Waals surface area contributed by atoms with E-state index >= 15 is 0 Å². The van der Waals surface area contributed by atoms with Gasteiger partial charge in [-0.15, -0.1) is 0 Å². The van der Waals surface area contributed by atoms with Gasteiger partial charge < -0.3 is 15.6 Å². The van der Waals surface area contributed by atoms with Crippen LogP contribution in [-0.2, 0) is 0 Å². The van der Waals surface area contributed by atoms with Crippen molar-refractivity contribution in [2.75, 3.05) is 5.73 Å². The molecule has 0 fully saturated rings. The van der Waals surface area contributed by atoms with Crippen LogP contribution in [0.3, 0.4) is 0 Å². The van der Waals surface area contributed by atoms with Crippen molar-refractivity contribution in [1.82, 2.24) is 15.2 Å². The summed E-state index contributed by atoms with van der Waals surface area (Å²) in [6, 6.07) is 4.74. The Morgan fingerprint density at radius 2 is 2.04 bits per heavy atom. The summed E-state index contributed by atoms with van der Waals surface area (Å²) in [6.07, 6.45) is 4.50. The Kier molecular flexibility index (Phi) is 4.51. The molecule has 0 aliphatic rings. The molecule has 24 heavy (non-hydrogen) atoms. The van der Waals surface area contributed by atoms with E-state index in [1.807, 2.05) is 0 Å². The number of hydrogen-bond acceptors (Lipinski definition) is 5. The number of nitrogens with zero attached hydrogens (tertiary/aromatic N) is 2. The van der Waals surface area contributed by atoms with Gasteiger partial charge in [-0.25, -0.2) is 4.98 Å². The summed E-state index contributed by atoms with van der Waals surface area (Å²) < 4.78 is 5.89. The monoisotopic (exact) mass is 364 g/mol. The number of nitrogens with one attached hydrogen (secondary N) is 1. The van der Waals surface area contributed by atoms with Gasteiger partial charge in [0.25, 0.3) is 0 Å². The third-order valence-corrected chi connectivity index (χ3v) is 4.26. The molecule has 3 rings (SSSR count). The zero-order valence-corrected chi connectivity index (χ0v) is 14.1. The number of nitrogens with two attached hydrogens (primary N) is 1. The minimum absolute atomic E-state index is 0.0650. The molecule has 8 heteroatoms. The lowest BCUT2D eigenvalue weighted by Crippen LogP contribution is -2.07. The Morgan fingerprint density at radius 3 is 2.75 bits per heavy atom. The van der Waals surface area contributed by atoms with Gasteiger partial charge in [0.05, 0.1) is 11.2 Å². The maximum absolute atomic E-state index is 9.77. The van der Waals surface area contributed by atoms with Gasteiger partial charge in [-0.1, -0.05) is 23.2 Å². The molecule has 2 aromatic heterocycles. The first-order chi connectivity index (χ1) is 11.5. The molecule has 0 radical (unpaired) electrons. The van der Waals surface area contributed by atoms with Crippen LogP contribution in [0.25, 0.3) is 11.1 Å². The number of ether oxygens (including phenoxy) is 1. The highest BCUT2D eigenvalue weighted by Gasteiger charge is 2.19. The molecule has 0 saturated carbocycles. The second-order valence-corrected chi connectivity index (χ2v) is 5.93. The molecule has 124 valence electrons. The molecular weight excluding hydrogens is 351 g/mol. The number of H-pyrrole nitrogens is 1. The first kappa shape index (κ1) is 16.4. The summed E-state index contributed by atoms with van der Waals surface area (Å²) in [5.74, 6) is 0.558. The van der Waals surface area contributed by atoms with E-state index in [-0.39, 0.29) is 16.6 Å². The van der Waals surface area contributed by atoms with Crippen molar-refractivity contribution in [3.05, 3.63) is 52.4 Å². The highest BCUT2D eigenvalue weighted by atomic mass is 35.5. The van der Waals surface area contributed by atoms with Crippen molar-refractivity contribution in [1.29, 1.82) is 0 Å². The largest absolute Gasteiger partial charge is 0.506 e. The summed E-state index contributed by atoms with van der Waals surface area (Å²) in [5.41, 5.74) is 8.03. The minimum Gasteiger partial charge on any atom is -0.506 e. The number of rotatable bonds is 4. The standard InChI is InChI=1S/C16H14Cl2N4O2/c1-8(14-11(17)2-3-12(23)15(14)18)24-13-4-9(5-20-16(13)19)10-6-21-22-7-10/h2-8,23H,1H3,(H2,19,20)(H,21,22). The van der Waals surface area contributed by atoms with Gasteiger partial charge in [0.15, 0.2) is 11.6 Å². The third-order valence-electron chi connectivity index (χ3n) is 3.53. The fourth-order valence-corrected chi connectivity index (χ4v) is 2.97. The molecule has 0 bridgehead atoms. The van der Waals surface area contributed by atoms with Gasteiger partial charge in [0.1, 0.15) is 11.9 Å². The Morgan fingerprint density at radius 1 is 1.25 bits per heavy atom. The number of aromatic amines is 1. The highest BCUT2D eigenvalue weighted by molar-refractivity contribution is 6.37. The zero-order chi connectivity index (χ0) is 17.3. The molecule has 0 aliphatic heterocycles. The van der Waals surface area contributed by atoms with E-state index in [2.05, 4.69) is 15.2 Å². The number of aromatic hydroxyl groups is 1. The number of phenolic OH excluding ortho intramolecular Hbond substituents is 1. The van der Waals surface area contributed by atoms with Crippen LogP contribution < -0.4 is 10.5 Å². The van der Waals surface area contributed by atoms with Gasteiger partial charge in [-0.3, -0.25) is 5.10 Å². The molecule has 0 amide bonds. The zero-order valence-electron chi connectivity index (χ0n) is 12.6. The van der Waals surface area contributed by atoms with E-state index in [9.17, 15) is 5.11 Å². The SMILES string of the molecule is CC(Oc1cc(-c2cn[nH]c2)cnc1N)c1c(Cl)ccc(O)c1Cl. The lowest BCUT2D eigenvalue weighted by atomic mass is 10.1. The summed E-state index contributed by atoms with van der Waals surface area (Å²) in [5, 5.41) is 16.9. The predicted octanol–water partition coefficient (Wildman–Crippen LogP) is 4.21. The average molecular weight is 365 g/mol. The van der Waals surface area contributed by atoms with E-state index < -0.39 is 6.10 Å². The minimum atomic E-state index is -0.541. The number of phenols is 1. The fourth-order valence-electron chi connectivity index (χ4n) is 2.30. The Labute approximate surface area is 148 Å². The molecule has 1 unspecified atom stereocenters. The maximum Gasteiger partial charge on any atom is 0.166 e. The fraction of sp³-hybridized carbons (Fsp3) is 0.125. The Balaban J connectivity index is 1.94. The molecule has 0 saturated heterocycles. The molecule has 3 aromatic rings. The van der Waals surface area contributed by atoms with E-state index in [0.717, 1.165) is 11.1 Å². The summed E-state index contributed by atoms with van der Waals surface area (Å²) in [4.78, 5) is 4.14. The molecule has 6 nitrogen and oxygen atoms in total. The van der Waals surface area contributed by atoms with Gasteiger partial charge in [-0.05, 0) is 25.1 Å². The van der Waals surface area contributed by atoms with Crippen LogP contribution in [0.1, 0.15) is 18.6 Å². The number of nitrogen functional groups attached to an aromatic ring is 1. The van der Waals surface area contributed by atoms with Crippen molar-refractivity contribution >= 4 is 29.0 Å². The maximum atomic E-state index is 9.77. The molecular formula is C16H14Cl2N4O2. The molecule has 2 heterocycles. The van der Waals surface area contributed by atoms with Crippen LogP contribution in [-0.4, -0.2) is 20.3 Å². The molecule has 1 aromatic carbocycles. The summed E-state index contributed by atoms with van der Waals surface area (Å²) >= 11 is 12.3. The van der Waals surface area contributed by atoms with Crippen molar-refractivity contribution in [2.24, 2.45) is 0 Å². The molecule has 0 aliphatic carbocycles. The smallest absolute Gasteiger partial charge is 0.166 e. The summed E-state index contributed by atoms with van der Waals surface area (Å²) in [6.45, 7) is 1.76. The predicted molar refractivity (Wildman–Crippen MR) is 93.4 cm³/mol. The van der Waals surface area contributed by atoms with E-state index in [0.29, 0.717) is 16.3 Å². The first-order valence-electron chi connectivity index (χ1n) is 7.05. The van der Waals surface area contributed by atoms with Crippen LogP contribution >= 0.6 is 23.2 Å². The molecule has 0 spiro atoms. The molecule has 4 N–H and O–H groups in total. The number of benzene rings is 1. The van der Waals surface area contributed by atoms with E-state index in [1.54, 1.807) is 37.6 Å².